The lowest BCUT2D eigenvalue weighted by Crippen LogP contribution is -2.43. The van der Waals surface area contributed by atoms with E-state index in [0.717, 1.165) is 5.57 Å². The van der Waals surface area contributed by atoms with E-state index >= 15 is 0 Å². The number of anilines is 2. The number of phenols is 1. The number of methoxy groups -OCH3 is 2. The Bertz CT molecular complexity index is 1790. The van der Waals surface area contributed by atoms with Gasteiger partial charge in [0.15, 0.2) is 0 Å². The van der Waals surface area contributed by atoms with Gasteiger partial charge in [-0.05, 0) is 67.3 Å². The van der Waals surface area contributed by atoms with Gasteiger partial charge in [0.25, 0.3) is 0 Å². The van der Waals surface area contributed by atoms with Crippen LogP contribution in [-0.4, -0.2) is 43.0 Å². The summed E-state index contributed by atoms with van der Waals surface area (Å²) in [6.45, 7) is 0. The van der Waals surface area contributed by atoms with Gasteiger partial charge < -0.3 is 14.6 Å². The molecule has 9 nitrogen and oxygen atoms in total. The van der Waals surface area contributed by atoms with E-state index in [1.165, 1.54) is 30.1 Å². The molecular formula is C34H28Cl2N2O7. The summed E-state index contributed by atoms with van der Waals surface area (Å²) in [5, 5.41) is 12.3. The molecule has 0 bridgehead atoms. The molecule has 3 aromatic carbocycles. The monoisotopic (exact) mass is 646 g/mol. The van der Waals surface area contributed by atoms with Crippen molar-refractivity contribution in [1.82, 2.24) is 0 Å². The maximum Gasteiger partial charge on any atom is 0.238 e. The predicted octanol–water partition coefficient (Wildman–Crippen LogP) is 5.76. The number of imide groups is 2. The van der Waals surface area contributed by atoms with Crippen LogP contribution in [0.5, 0.6) is 17.2 Å². The molecule has 3 fully saturated rings. The van der Waals surface area contributed by atoms with E-state index in [0.29, 0.717) is 32.7 Å². The summed E-state index contributed by atoms with van der Waals surface area (Å²) in [7, 11) is 2.91. The van der Waals surface area contributed by atoms with E-state index < -0.39 is 47.3 Å². The third-order valence-electron chi connectivity index (χ3n) is 9.68. The van der Waals surface area contributed by atoms with Gasteiger partial charge in [0, 0.05) is 33.7 Å². The number of ether oxygens (including phenoxy) is 2. The Balaban J connectivity index is 1.37. The van der Waals surface area contributed by atoms with Crippen molar-refractivity contribution in [2.75, 3.05) is 24.0 Å². The van der Waals surface area contributed by atoms with E-state index in [-0.39, 0.29) is 36.2 Å². The van der Waals surface area contributed by atoms with Crippen LogP contribution in [0.3, 0.4) is 0 Å². The molecular weight excluding hydrogens is 619 g/mol. The number of amides is 4. The average molecular weight is 648 g/mol. The molecule has 2 saturated heterocycles. The highest BCUT2D eigenvalue weighted by Crippen LogP contribution is 2.60. The van der Waals surface area contributed by atoms with E-state index in [4.69, 9.17) is 32.7 Å². The Labute approximate surface area is 268 Å². The first kappa shape index (κ1) is 29.4. The number of hydrogen-bond donors (Lipinski definition) is 1. The molecule has 4 amide bonds. The van der Waals surface area contributed by atoms with Gasteiger partial charge in [-0.25, -0.2) is 0 Å². The lowest BCUT2D eigenvalue weighted by molar-refractivity contribution is -0.126. The molecule has 6 atom stereocenters. The second-order valence-electron chi connectivity index (χ2n) is 11.8. The van der Waals surface area contributed by atoms with Crippen molar-refractivity contribution in [1.29, 1.82) is 0 Å². The standard InChI is InChI=1S/C34H28Cl2N2O7/c1-44-20-13-25(39)30(26(14-20)45-2)28-21-11-12-22-27(33(42)37(31(22)40)18-7-3-16(35)4-8-18)23(21)15-24-29(28)34(43)38(32(24)41)19-9-5-17(36)6-10-19/h3-11,13-14,22-24,27-29,39H,12,15H2,1-2H3/t22-,23+,24+,27-,28-,29+/m0/s1. The smallest absolute Gasteiger partial charge is 0.238 e. The van der Waals surface area contributed by atoms with E-state index in [1.54, 1.807) is 54.6 Å². The first-order valence-electron chi connectivity index (χ1n) is 14.6. The number of carbonyl (C=O) groups excluding carboxylic acids is 4. The van der Waals surface area contributed by atoms with Crippen LogP contribution in [0, 0.1) is 29.6 Å². The quantitative estimate of drug-likeness (QED) is 0.277. The summed E-state index contributed by atoms with van der Waals surface area (Å²) in [6, 6.07) is 16.0. The summed E-state index contributed by atoms with van der Waals surface area (Å²) >= 11 is 12.2. The van der Waals surface area contributed by atoms with Crippen LogP contribution in [0.4, 0.5) is 11.4 Å². The lowest BCUT2D eigenvalue weighted by atomic mass is 9.57. The third-order valence-corrected chi connectivity index (χ3v) is 10.2. The largest absolute Gasteiger partial charge is 0.507 e. The number of benzene rings is 3. The molecule has 0 aromatic heterocycles. The fraction of sp³-hybridized carbons (Fsp3) is 0.294. The van der Waals surface area contributed by atoms with Crippen LogP contribution in [-0.2, 0) is 19.2 Å². The highest BCUT2D eigenvalue weighted by Gasteiger charge is 2.63. The first-order chi connectivity index (χ1) is 21.6. The summed E-state index contributed by atoms with van der Waals surface area (Å²) < 4.78 is 11.1. The molecule has 0 radical (unpaired) electrons. The van der Waals surface area contributed by atoms with Gasteiger partial charge in [0.05, 0.1) is 49.3 Å². The molecule has 1 N–H and O–H groups in total. The fourth-order valence-corrected chi connectivity index (χ4v) is 8.04. The minimum absolute atomic E-state index is 0.166. The molecule has 230 valence electrons. The van der Waals surface area contributed by atoms with Crippen LogP contribution in [0.25, 0.3) is 0 Å². The van der Waals surface area contributed by atoms with Crippen molar-refractivity contribution in [2.24, 2.45) is 29.6 Å². The number of nitrogens with zero attached hydrogens (tertiary/aromatic N) is 2. The highest BCUT2D eigenvalue weighted by atomic mass is 35.5. The van der Waals surface area contributed by atoms with Gasteiger partial charge in [-0.1, -0.05) is 34.9 Å². The number of rotatable bonds is 5. The molecule has 0 unspecified atom stereocenters. The Morgan fingerprint density at radius 3 is 1.82 bits per heavy atom. The average Bonchev–Trinajstić information content (AvgIpc) is 3.44. The zero-order valence-corrected chi connectivity index (χ0v) is 25.8. The molecule has 1 saturated carbocycles. The molecule has 45 heavy (non-hydrogen) atoms. The van der Waals surface area contributed by atoms with Crippen molar-refractivity contribution in [3.8, 4) is 17.2 Å². The van der Waals surface area contributed by atoms with Crippen LogP contribution in [0.1, 0.15) is 24.3 Å². The van der Waals surface area contributed by atoms with E-state index in [9.17, 15) is 24.3 Å². The van der Waals surface area contributed by atoms with Crippen LogP contribution < -0.4 is 19.3 Å². The molecule has 2 aliphatic heterocycles. The van der Waals surface area contributed by atoms with Crippen molar-refractivity contribution in [2.45, 2.75) is 18.8 Å². The molecule has 2 heterocycles. The fourth-order valence-electron chi connectivity index (χ4n) is 7.79. The van der Waals surface area contributed by atoms with E-state index in [2.05, 4.69) is 0 Å². The van der Waals surface area contributed by atoms with Crippen molar-refractivity contribution in [3.63, 3.8) is 0 Å². The highest BCUT2D eigenvalue weighted by molar-refractivity contribution is 6.31. The number of allylic oxidation sites excluding steroid dienone is 2. The summed E-state index contributed by atoms with van der Waals surface area (Å²) in [5.74, 6) is -5.50. The molecule has 11 heteroatoms. The third kappa shape index (κ3) is 4.43. The van der Waals surface area contributed by atoms with Gasteiger partial charge in [-0.2, -0.15) is 0 Å². The maximum atomic E-state index is 14.3. The molecule has 7 rings (SSSR count). The number of hydrogen-bond acceptors (Lipinski definition) is 7. The minimum Gasteiger partial charge on any atom is -0.507 e. The maximum absolute atomic E-state index is 14.3. The number of phenolic OH excluding ortho intramolecular Hbond substituents is 1. The van der Waals surface area contributed by atoms with Gasteiger partial charge in [-0.3, -0.25) is 29.0 Å². The molecule has 3 aromatic rings. The van der Waals surface area contributed by atoms with Crippen molar-refractivity contribution < 1.29 is 33.8 Å². The normalized spacial score (nSPS) is 27.2. The number of halogens is 2. The number of carbonyl (C=O) groups is 4. The van der Waals surface area contributed by atoms with Crippen LogP contribution >= 0.6 is 23.2 Å². The number of fused-ring (bicyclic) bond motifs is 4. The Hall–Kier alpha value is -4.34. The van der Waals surface area contributed by atoms with E-state index in [1.807, 2.05) is 6.08 Å². The summed E-state index contributed by atoms with van der Waals surface area (Å²) in [6.07, 6.45) is 2.37. The van der Waals surface area contributed by atoms with Crippen LogP contribution in [0.15, 0.2) is 72.3 Å². The molecule has 2 aliphatic carbocycles. The topological polar surface area (TPSA) is 113 Å². The van der Waals surface area contributed by atoms with Crippen molar-refractivity contribution in [3.05, 3.63) is 87.9 Å². The molecule has 4 aliphatic rings. The Morgan fingerprint density at radius 2 is 1.27 bits per heavy atom. The zero-order valence-electron chi connectivity index (χ0n) is 24.3. The molecule has 0 spiro atoms. The zero-order chi connectivity index (χ0) is 31.7. The summed E-state index contributed by atoms with van der Waals surface area (Å²) in [4.78, 5) is 58.7. The van der Waals surface area contributed by atoms with Crippen molar-refractivity contribution >= 4 is 58.2 Å². The SMILES string of the molecule is COc1cc(O)c([C@H]2C3=CC[C@@H]4C(=O)N(c5ccc(Cl)cc5)C(=O)[C@@H]4[C@@H]3C[C@H]3C(=O)N(c4ccc(Cl)cc4)C(=O)[C@@H]23)c(OC)c1. The second-order valence-corrected chi connectivity index (χ2v) is 12.6. The van der Waals surface area contributed by atoms with Crippen LogP contribution in [0.2, 0.25) is 10.0 Å². The predicted molar refractivity (Wildman–Crippen MR) is 167 cm³/mol. The first-order valence-corrected chi connectivity index (χ1v) is 15.3. The number of aromatic hydroxyl groups is 1. The second kappa shape index (κ2) is 10.9. The van der Waals surface area contributed by atoms with Gasteiger partial charge in [-0.15, -0.1) is 0 Å². The minimum atomic E-state index is -0.889. The van der Waals surface area contributed by atoms with Gasteiger partial charge >= 0.3 is 0 Å². The lowest BCUT2D eigenvalue weighted by Gasteiger charge is -2.44. The Kier molecular flexibility index (Phi) is 7.13. The summed E-state index contributed by atoms with van der Waals surface area (Å²) in [5.41, 5.74) is 1.86. The van der Waals surface area contributed by atoms with Gasteiger partial charge in [0.2, 0.25) is 23.6 Å². The van der Waals surface area contributed by atoms with Gasteiger partial charge in [0.1, 0.15) is 17.2 Å². The Morgan fingerprint density at radius 1 is 0.711 bits per heavy atom.